The summed E-state index contributed by atoms with van der Waals surface area (Å²) < 4.78 is 5.15. The molecule has 2 amide bonds. The van der Waals surface area contributed by atoms with Crippen LogP contribution in [0.2, 0.25) is 0 Å². The minimum atomic E-state index is 0.0372. The van der Waals surface area contributed by atoms with Crippen molar-refractivity contribution < 1.29 is 9.53 Å². The number of nitrogens with one attached hydrogen (secondary N) is 1. The molecule has 2 rings (SSSR count). The molecule has 1 heterocycles. The van der Waals surface area contributed by atoms with Gasteiger partial charge in [-0.25, -0.2) is 4.79 Å². The highest BCUT2D eigenvalue weighted by Crippen LogP contribution is 2.17. The molecule has 0 saturated carbocycles. The maximum atomic E-state index is 12.6. The van der Waals surface area contributed by atoms with E-state index in [1.807, 2.05) is 40.9 Å². The number of rotatable bonds is 5. The highest BCUT2D eigenvalue weighted by atomic mass is 32.2. The summed E-state index contributed by atoms with van der Waals surface area (Å²) in [6.45, 7) is 2.28. The molecule has 1 aliphatic rings. The summed E-state index contributed by atoms with van der Waals surface area (Å²) in [6.07, 6.45) is 1.06. The number of hydrogen-bond acceptors (Lipinski definition) is 4. The van der Waals surface area contributed by atoms with Crippen LogP contribution in [0.25, 0.3) is 0 Å². The maximum Gasteiger partial charge on any atom is 0.317 e. The van der Waals surface area contributed by atoms with Crippen molar-refractivity contribution in [2.24, 2.45) is 0 Å². The van der Waals surface area contributed by atoms with Crippen molar-refractivity contribution in [3.8, 4) is 5.75 Å². The van der Waals surface area contributed by atoms with Crippen LogP contribution < -0.4 is 10.1 Å². The highest BCUT2D eigenvalue weighted by Gasteiger charge is 2.25. The molecule has 128 valence electrons. The Hall–Kier alpha value is -1.40. The summed E-state index contributed by atoms with van der Waals surface area (Å²) in [4.78, 5) is 16.8. The third-order valence-corrected chi connectivity index (χ3v) is 5.08. The van der Waals surface area contributed by atoms with Gasteiger partial charge in [0.25, 0.3) is 0 Å². The SMILES string of the molecule is COc1ccc(CNC(=O)N2CCCSCC2CN(C)C)cc1. The predicted octanol–water partition coefficient (Wildman–Crippen LogP) is 2.27. The van der Waals surface area contributed by atoms with Crippen LogP contribution in [0.5, 0.6) is 5.75 Å². The topological polar surface area (TPSA) is 44.8 Å². The second-order valence-electron chi connectivity index (χ2n) is 6.04. The molecule has 0 spiro atoms. The largest absolute Gasteiger partial charge is 0.497 e. The number of carbonyl (C=O) groups is 1. The lowest BCUT2D eigenvalue weighted by molar-refractivity contribution is 0.168. The summed E-state index contributed by atoms with van der Waals surface area (Å²) in [5.74, 6) is 2.97. The number of urea groups is 1. The van der Waals surface area contributed by atoms with Gasteiger partial charge in [0.1, 0.15) is 5.75 Å². The molecule has 23 heavy (non-hydrogen) atoms. The molecule has 1 aromatic carbocycles. The lowest BCUT2D eigenvalue weighted by atomic mass is 10.2. The van der Waals surface area contributed by atoms with E-state index in [4.69, 9.17) is 4.74 Å². The minimum Gasteiger partial charge on any atom is -0.497 e. The van der Waals surface area contributed by atoms with E-state index >= 15 is 0 Å². The molecular formula is C17H27N3O2S. The Morgan fingerprint density at radius 1 is 1.39 bits per heavy atom. The summed E-state index contributed by atoms with van der Waals surface area (Å²) in [5, 5.41) is 3.06. The van der Waals surface area contributed by atoms with E-state index < -0.39 is 0 Å². The van der Waals surface area contributed by atoms with Crippen LogP contribution in [-0.4, -0.2) is 67.7 Å². The first-order valence-electron chi connectivity index (χ1n) is 8.00. The molecule has 6 heteroatoms. The average Bonchev–Trinajstić information content (AvgIpc) is 2.78. The molecule has 1 aromatic rings. The second-order valence-corrected chi connectivity index (χ2v) is 7.19. The molecule has 1 unspecified atom stereocenters. The van der Waals surface area contributed by atoms with Gasteiger partial charge in [-0.05, 0) is 44.0 Å². The highest BCUT2D eigenvalue weighted by molar-refractivity contribution is 7.99. The molecule has 5 nitrogen and oxygen atoms in total. The van der Waals surface area contributed by atoms with Crippen molar-refractivity contribution in [1.29, 1.82) is 0 Å². The molecule has 0 radical (unpaired) electrons. The van der Waals surface area contributed by atoms with Crippen LogP contribution in [0.3, 0.4) is 0 Å². The molecule has 1 aliphatic heterocycles. The van der Waals surface area contributed by atoms with E-state index in [1.54, 1.807) is 7.11 Å². The standard InChI is InChI=1S/C17H27N3O2S/c1-19(2)12-15-13-23-10-4-9-20(15)17(21)18-11-14-5-7-16(22-3)8-6-14/h5-8,15H,4,9-13H2,1-3H3,(H,18,21). The van der Waals surface area contributed by atoms with Crippen molar-refractivity contribution in [1.82, 2.24) is 15.1 Å². The van der Waals surface area contributed by atoms with Gasteiger partial charge in [-0.2, -0.15) is 11.8 Å². The van der Waals surface area contributed by atoms with E-state index in [-0.39, 0.29) is 12.1 Å². The fourth-order valence-electron chi connectivity index (χ4n) is 2.69. The Morgan fingerprint density at radius 2 is 2.13 bits per heavy atom. The van der Waals surface area contributed by atoms with Crippen LogP contribution in [-0.2, 0) is 6.54 Å². The van der Waals surface area contributed by atoms with Crippen LogP contribution in [0.1, 0.15) is 12.0 Å². The van der Waals surface area contributed by atoms with Gasteiger partial charge < -0.3 is 19.9 Å². The van der Waals surface area contributed by atoms with Crippen molar-refractivity contribution in [2.75, 3.05) is 45.8 Å². The van der Waals surface area contributed by atoms with Gasteiger partial charge in [-0.15, -0.1) is 0 Å². The van der Waals surface area contributed by atoms with Crippen LogP contribution >= 0.6 is 11.8 Å². The van der Waals surface area contributed by atoms with Gasteiger partial charge in [-0.1, -0.05) is 12.1 Å². The van der Waals surface area contributed by atoms with Crippen molar-refractivity contribution in [2.45, 2.75) is 19.0 Å². The Bertz CT molecular complexity index is 493. The van der Waals surface area contributed by atoms with E-state index in [2.05, 4.69) is 24.3 Å². The molecule has 1 saturated heterocycles. The first-order chi connectivity index (χ1) is 11.1. The van der Waals surface area contributed by atoms with Gasteiger partial charge in [0.15, 0.2) is 0 Å². The third-order valence-electron chi connectivity index (χ3n) is 3.88. The Morgan fingerprint density at radius 3 is 2.78 bits per heavy atom. The van der Waals surface area contributed by atoms with Gasteiger partial charge >= 0.3 is 6.03 Å². The predicted molar refractivity (Wildman–Crippen MR) is 96.2 cm³/mol. The van der Waals surface area contributed by atoms with Crippen molar-refractivity contribution in [3.05, 3.63) is 29.8 Å². The van der Waals surface area contributed by atoms with Gasteiger partial charge in [0, 0.05) is 25.4 Å². The second kappa shape index (κ2) is 9.03. The summed E-state index contributed by atoms with van der Waals surface area (Å²) in [5.41, 5.74) is 1.08. The quantitative estimate of drug-likeness (QED) is 0.895. The zero-order valence-corrected chi connectivity index (χ0v) is 15.1. The molecular weight excluding hydrogens is 310 g/mol. The number of thioether (sulfide) groups is 1. The fraction of sp³-hybridized carbons (Fsp3) is 0.588. The van der Waals surface area contributed by atoms with E-state index in [9.17, 15) is 4.79 Å². The van der Waals surface area contributed by atoms with Crippen molar-refractivity contribution in [3.63, 3.8) is 0 Å². The Balaban J connectivity index is 1.92. The number of hydrogen-bond donors (Lipinski definition) is 1. The number of ether oxygens (including phenoxy) is 1. The van der Waals surface area contributed by atoms with Crippen LogP contribution in [0, 0.1) is 0 Å². The van der Waals surface area contributed by atoms with Gasteiger partial charge in [0.05, 0.1) is 13.2 Å². The molecule has 1 fully saturated rings. The lowest BCUT2D eigenvalue weighted by Gasteiger charge is -2.31. The lowest BCUT2D eigenvalue weighted by Crippen LogP contribution is -2.50. The number of carbonyl (C=O) groups excluding carboxylic acids is 1. The average molecular weight is 337 g/mol. The van der Waals surface area contributed by atoms with Gasteiger partial charge in [0.2, 0.25) is 0 Å². The molecule has 0 aromatic heterocycles. The first kappa shape index (κ1) is 17.9. The smallest absolute Gasteiger partial charge is 0.317 e. The maximum absolute atomic E-state index is 12.6. The number of methoxy groups -OCH3 is 1. The van der Waals surface area contributed by atoms with Gasteiger partial charge in [-0.3, -0.25) is 0 Å². The molecule has 0 bridgehead atoms. The molecule has 1 N–H and O–H groups in total. The Labute approximate surface area is 143 Å². The number of likely N-dealkylation sites (N-methyl/N-ethyl adjacent to an activating group) is 1. The van der Waals surface area contributed by atoms with E-state index in [0.717, 1.165) is 42.3 Å². The zero-order chi connectivity index (χ0) is 16.7. The summed E-state index contributed by atoms with van der Waals surface area (Å²) in [7, 11) is 5.77. The van der Waals surface area contributed by atoms with Crippen LogP contribution in [0.4, 0.5) is 4.79 Å². The first-order valence-corrected chi connectivity index (χ1v) is 9.15. The number of benzene rings is 1. The molecule has 0 aliphatic carbocycles. The van der Waals surface area contributed by atoms with E-state index in [0.29, 0.717) is 6.54 Å². The van der Waals surface area contributed by atoms with Crippen molar-refractivity contribution >= 4 is 17.8 Å². The molecule has 1 atom stereocenters. The monoisotopic (exact) mass is 337 g/mol. The third kappa shape index (κ3) is 5.62. The number of amides is 2. The summed E-state index contributed by atoms with van der Waals surface area (Å²) >= 11 is 1.94. The number of nitrogens with zero attached hydrogens (tertiary/aromatic N) is 2. The van der Waals surface area contributed by atoms with E-state index in [1.165, 1.54) is 0 Å². The Kier molecular flexibility index (Phi) is 7.05. The summed E-state index contributed by atoms with van der Waals surface area (Å²) in [6, 6.07) is 8.10. The fourth-order valence-corrected chi connectivity index (χ4v) is 3.75. The normalized spacial score (nSPS) is 18.6. The van der Waals surface area contributed by atoms with Crippen LogP contribution in [0.15, 0.2) is 24.3 Å². The minimum absolute atomic E-state index is 0.0372. The zero-order valence-electron chi connectivity index (χ0n) is 14.2.